The fourth-order valence-electron chi connectivity index (χ4n) is 0.872. The maximum Gasteiger partial charge on any atom is 0.410 e. The number of aromatic nitrogens is 2. The molecule has 1 aromatic rings. The summed E-state index contributed by atoms with van der Waals surface area (Å²) in [7, 11) is 0. The number of esters is 1. The molecular weight excluding hydrogens is 156 g/mol. The van der Waals surface area contributed by atoms with Gasteiger partial charge in [0.25, 0.3) is 6.73 Å². The zero-order valence-corrected chi connectivity index (χ0v) is 7.15. The van der Waals surface area contributed by atoms with E-state index in [1.807, 2.05) is 13.8 Å². The lowest BCUT2D eigenvalue weighted by Gasteiger charge is -1.81. The molecule has 0 fully saturated rings. The predicted molar refractivity (Wildman–Crippen MR) is 41.2 cm³/mol. The molecular formula is C8H11N2O2+. The van der Waals surface area contributed by atoms with Crippen LogP contribution in [-0.4, -0.2) is 11.0 Å². The lowest BCUT2D eigenvalue weighted by molar-refractivity contribution is -0.714. The van der Waals surface area contributed by atoms with Crippen LogP contribution in [0.5, 0.6) is 0 Å². The summed E-state index contributed by atoms with van der Waals surface area (Å²) in [4.78, 5) is 14.6. The van der Waals surface area contributed by atoms with Crippen LogP contribution in [0, 0.1) is 0 Å². The van der Waals surface area contributed by atoms with E-state index in [2.05, 4.69) is 4.98 Å². The van der Waals surface area contributed by atoms with Crippen molar-refractivity contribution in [2.45, 2.75) is 20.6 Å². The van der Waals surface area contributed by atoms with E-state index in [1.165, 1.54) is 6.20 Å². The van der Waals surface area contributed by atoms with Crippen molar-refractivity contribution in [2.75, 3.05) is 0 Å². The molecule has 12 heavy (non-hydrogen) atoms. The summed E-state index contributed by atoms with van der Waals surface area (Å²) in [6, 6.07) is 0. The summed E-state index contributed by atoms with van der Waals surface area (Å²) < 4.78 is 6.41. The number of ether oxygens (including phenoxy) is 1. The minimum absolute atomic E-state index is 0.298. The van der Waals surface area contributed by atoms with Crippen molar-refractivity contribution in [1.82, 2.24) is 4.98 Å². The smallest absolute Gasteiger partial charge is 0.397 e. The molecule has 0 unspecified atom stereocenters. The van der Waals surface area contributed by atoms with Gasteiger partial charge in [-0.3, -0.25) is 4.98 Å². The highest BCUT2D eigenvalue weighted by Crippen LogP contribution is 1.98. The van der Waals surface area contributed by atoms with Crippen LogP contribution in [0.4, 0.5) is 0 Å². The van der Waals surface area contributed by atoms with Gasteiger partial charge in [-0.05, 0) is 0 Å². The van der Waals surface area contributed by atoms with Crippen LogP contribution in [0.1, 0.15) is 24.3 Å². The molecule has 1 aromatic heterocycles. The molecule has 2 rings (SSSR count). The predicted octanol–water partition coefficient (Wildman–Crippen LogP) is 0.523. The first-order valence-corrected chi connectivity index (χ1v) is 3.88. The Labute approximate surface area is 70.8 Å². The monoisotopic (exact) mass is 167 g/mol. The quantitative estimate of drug-likeness (QED) is 0.418. The van der Waals surface area contributed by atoms with Crippen molar-refractivity contribution in [2.24, 2.45) is 0 Å². The second-order valence-electron chi connectivity index (χ2n) is 1.99. The third kappa shape index (κ3) is 1.42. The molecule has 0 spiro atoms. The number of hydrogen-bond donors (Lipinski definition) is 0. The number of hydrogen-bond acceptors (Lipinski definition) is 3. The van der Waals surface area contributed by atoms with Crippen LogP contribution in [0.2, 0.25) is 0 Å². The Morgan fingerprint density at radius 1 is 1.58 bits per heavy atom. The van der Waals surface area contributed by atoms with Crippen LogP contribution >= 0.6 is 0 Å². The van der Waals surface area contributed by atoms with Gasteiger partial charge in [-0.15, -0.1) is 0 Å². The zero-order valence-electron chi connectivity index (χ0n) is 7.15. The van der Waals surface area contributed by atoms with E-state index >= 15 is 0 Å². The van der Waals surface area contributed by atoms with E-state index in [0.29, 0.717) is 12.4 Å². The third-order valence-electron chi connectivity index (χ3n) is 1.38. The van der Waals surface area contributed by atoms with Gasteiger partial charge in [0.05, 0.1) is 6.20 Å². The van der Waals surface area contributed by atoms with Crippen LogP contribution in [0.25, 0.3) is 0 Å². The number of fused-ring (bicyclic) bond motifs is 1. The molecule has 0 N–H and O–H groups in total. The first-order chi connectivity index (χ1) is 5.88. The molecule has 0 aromatic carbocycles. The van der Waals surface area contributed by atoms with Gasteiger partial charge in [0.1, 0.15) is 6.20 Å². The summed E-state index contributed by atoms with van der Waals surface area (Å²) in [5, 5.41) is 0. The van der Waals surface area contributed by atoms with Gasteiger partial charge >= 0.3 is 11.7 Å². The molecule has 0 amide bonds. The molecule has 0 atom stereocenters. The summed E-state index contributed by atoms with van der Waals surface area (Å²) >= 11 is 0. The first-order valence-electron chi connectivity index (χ1n) is 3.88. The molecule has 4 nitrogen and oxygen atoms in total. The second kappa shape index (κ2) is 3.80. The van der Waals surface area contributed by atoms with E-state index in [9.17, 15) is 4.79 Å². The van der Waals surface area contributed by atoms with E-state index in [1.54, 1.807) is 17.0 Å². The van der Waals surface area contributed by atoms with Gasteiger partial charge < -0.3 is 4.74 Å². The number of carbonyl (C=O) groups is 1. The Hall–Kier alpha value is -1.45. The SMILES string of the molecule is CC.O=C1OC[n+]2ccncc21. The van der Waals surface area contributed by atoms with Gasteiger partial charge in [-0.2, -0.15) is 4.57 Å². The van der Waals surface area contributed by atoms with Crippen LogP contribution in [-0.2, 0) is 11.5 Å². The largest absolute Gasteiger partial charge is 0.410 e. The highest BCUT2D eigenvalue weighted by molar-refractivity contribution is 5.85. The maximum absolute atomic E-state index is 10.8. The fraction of sp³-hybridized carbons (Fsp3) is 0.375. The van der Waals surface area contributed by atoms with Crippen molar-refractivity contribution in [3.8, 4) is 0 Å². The van der Waals surface area contributed by atoms with Crippen molar-refractivity contribution < 1.29 is 14.1 Å². The van der Waals surface area contributed by atoms with E-state index < -0.39 is 0 Å². The third-order valence-corrected chi connectivity index (χ3v) is 1.38. The Morgan fingerprint density at radius 3 is 3.00 bits per heavy atom. The van der Waals surface area contributed by atoms with Crippen LogP contribution in [0.3, 0.4) is 0 Å². The van der Waals surface area contributed by atoms with Crippen molar-refractivity contribution in [1.29, 1.82) is 0 Å². The molecule has 0 bridgehead atoms. The lowest BCUT2D eigenvalue weighted by atomic mass is 10.5. The highest BCUT2D eigenvalue weighted by Gasteiger charge is 2.28. The summed E-state index contributed by atoms with van der Waals surface area (Å²) in [6.45, 7) is 4.32. The molecule has 0 saturated heterocycles. The topological polar surface area (TPSA) is 43.1 Å². The number of rotatable bonds is 0. The molecule has 64 valence electrons. The fourth-order valence-corrected chi connectivity index (χ4v) is 0.872. The molecule has 1 aliphatic heterocycles. The van der Waals surface area contributed by atoms with Gasteiger partial charge in [-0.1, -0.05) is 13.8 Å². The van der Waals surface area contributed by atoms with Gasteiger partial charge in [0.2, 0.25) is 0 Å². The molecule has 1 aliphatic rings. The number of cyclic esters (lactones) is 1. The maximum atomic E-state index is 10.8. The summed E-state index contributed by atoms with van der Waals surface area (Å²) in [5.74, 6) is -0.298. The number of carbonyl (C=O) groups excluding carboxylic acids is 1. The van der Waals surface area contributed by atoms with E-state index in [-0.39, 0.29) is 5.97 Å². The van der Waals surface area contributed by atoms with Gasteiger partial charge in [-0.25, -0.2) is 4.79 Å². The molecule has 2 heterocycles. The second-order valence-corrected chi connectivity index (χ2v) is 1.99. The zero-order chi connectivity index (χ0) is 8.97. The summed E-state index contributed by atoms with van der Waals surface area (Å²) in [6.07, 6.45) is 4.82. The molecule has 0 radical (unpaired) electrons. The van der Waals surface area contributed by atoms with Crippen molar-refractivity contribution in [3.63, 3.8) is 0 Å². The van der Waals surface area contributed by atoms with Crippen LogP contribution < -0.4 is 4.57 Å². The average molecular weight is 167 g/mol. The Balaban J connectivity index is 0.000000336. The molecule has 0 aliphatic carbocycles. The van der Waals surface area contributed by atoms with Crippen molar-refractivity contribution >= 4 is 5.97 Å². The van der Waals surface area contributed by atoms with Crippen molar-refractivity contribution in [3.05, 3.63) is 24.3 Å². The Morgan fingerprint density at radius 2 is 2.33 bits per heavy atom. The Kier molecular flexibility index (Phi) is 2.74. The summed E-state index contributed by atoms with van der Waals surface area (Å²) in [5.41, 5.74) is 0.516. The average Bonchev–Trinajstić information content (AvgIpc) is 2.53. The van der Waals surface area contributed by atoms with Gasteiger partial charge in [0.15, 0.2) is 6.20 Å². The standard InChI is InChI=1S/C6H5N2O2.C2H6/c9-6-5-3-7-1-2-8(5)4-10-6;1-2/h1-3H,4H2;1-2H3/q+1;. The normalized spacial score (nSPS) is 12.7. The van der Waals surface area contributed by atoms with Gasteiger partial charge in [0, 0.05) is 0 Å². The molecule has 4 heteroatoms. The molecule has 0 saturated carbocycles. The highest BCUT2D eigenvalue weighted by atomic mass is 16.6. The minimum atomic E-state index is -0.298. The lowest BCUT2D eigenvalue weighted by Crippen LogP contribution is -2.32. The Bertz CT molecular complexity index is 286. The number of nitrogens with zero attached hydrogens (tertiary/aromatic N) is 2. The van der Waals surface area contributed by atoms with E-state index in [0.717, 1.165) is 0 Å². The minimum Gasteiger partial charge on any atom is -0.397 e. The van der Waals surface area contributed by atoms with E-state index in [4.69, 9.17) is 4.74 Å². The van der Waals surface area contributed by atoms with Crippen LogP contribution in [0.15, 0.2) is 18.6 Å². The first kappa shape index (κ1) is 8.64.